The van der Waals surface area contributed by atoms with E-state index in [0.29, 0.717) is 0 Å². The highest BCUT2D eigenvalue weighted by Gasteiger charge is 2.14. The van der Waals surface area contributed by atoms with Crippen LogP contribution in [0.15, 0.2) is 91.0 Å². The fourth-order valence-electron chi connectivity index (χ4n) is 2.99. The van der Waals surface area contributed by atoms with Gasteiger partial charge in [0.1, 0.15) is 0 Å². The van der Waals surface area contributed by atoms with Crippen LogP contribution in [0.2, 0.25) is 0 Å². The molecular weight excluding hydrogens is 365 g/mol. The molecule has 0 bridgehead atoms. The molecule has 3 aromatic carbocycles. The maximum absolute atomic E-state index is 2.49. The van der Waals surface area contributed by atoms with Crippen LogP contribution < -0.4 is 10.6 Å². The van der Waals surface area contributed by atoms with Gasteiger partial charge in [0.15, 0.2) is 0 Å². The van der Waals surface area contributed by atoms with Gasteiger partial charge in [-0.15, -0.1) is 0 Å². The topological polar surface area (TPSA) is 3.24 Å². The van der Waals surface area contributed by atoms with Crippen LogP contribution in [0.4, 0.5) is 0 Å². The SMILES string of the molecule is CN(CCSCc1ccccc1)CCP(c1ccccc1)c1ccccc1. The van der Waals surface area contributed by atoms with Crippen molar-refractivity contribution in [2.75, 3.05) is 32.1 Å². The fraction of sp³-hybridized carbons (Fsp3) is 0.250. The zero-order valence-corrected chi connectivity index (χ0v) is 17.7. The lowest BCUT2D eigenvalue weighted by Crippen LogP contribution is -2.27. The molecule has 0 heterocycles. The Kier molecular flexibility index (Phi) is 8.42. The third-order valence-electron chi connectivity index (χ3n) is 4.57. The molecule has 1 nitrogen and oxygen atoms in total. The standard InChI is InChI=1S/C24H28NPS/c1-25(18-20-27-21-22-11-5-2-6-12-22)17-19-26(23-13-7-3-8-14-23)24-15-9-4-10-16-24/h2-16H,17-21H2,1H3. The normalized spacial score (nSPS) is 11.2. The van der Waals surface area contributed by atoms with Gasteiger partial charge >= 0.3 is 0 Å². The van der Waals surface area contributed by atoms with Crippen molar-refractivity contribution in [2.24, 2.45) is 0 Å². The Morgan fingerprint density at radius 1 is 0.704 bits per heavy atom. The highest BCUT2D eigenvalue weighted by molar-refractivity contribution is 7.98. The maximum atomic E-state index is 2.49. The molecule has 140 valence electrons. The molecule has 0 saturated carbocycles. The molecule has 0 aliphatic rings. The highest BCUT2D eigenvalue weighted by atomic mass is 32.2. The summed E-state index contributed by atoms with van der Waals surface area (Å²) in [6.45, 7) is 2.28. The lowest BCUT2D eigenvalue weighted by Gasteiger charge is -2.23. The second kappa shape index (κ2) is 11.3. The summed E-state index contributed by atoms with van der Waals surface area (Å²) in [5.41, 5.74) is 1.42. The van der Waals surface area contributed by atoms with Gasteiger partial charge in [0, 0.05) is 24.6 Å². The molecule has 0 fully saturated rings. The summed E-state index contributed by atoms with van der Waals surface area (Å²) in [7, 11) is 1.97. The number of hydrogen-bond donors (Lipinski definition) is 0. The molecular formula is C24H28NPS. The maximum Gasteiger partial charge on any atom is 0.0185 e. The van der Waals surface area contributed by atoms with Gasteiger partial charge in [-0.05, 0) is 37.3 Å². The summed E-state index contributed by atoms with van der Waals surface area (Å²) >= 11 is 2.03. The van der Waals surface area contributed by atoms with Crippen molar-refractivity contribution < 1.29 is 0 Å². The first kappa shape index (κ1) is 20.1. The molecule has 0 saturated heterocycles. The molecule has 0 amide bonds. The lowest BCUT2D eigenvalue weighted by molar-refractivity contribution is 0.379. The molecule has 0 aromatic heterocycles. The first-order valence-electron chi connectivity index (χ1n) is 9.51. The minimum atomic E-state index is -0.287. The van der Waals surface area contributed by atoms with Crippen molar-refractivity contribution >= 4 is 30.3 Å². The van der Waals surface area contributed by atoms with E-state index in [4.69, 9.17) is 0 Å². The highest BCUT2D eigenvalue weighted by Crippen LogP contribution is 2.33. The van der Waals surface area contributed by atoms with Crippen LogP contribution in [0, 0.1) is 0 Å². The molecule has 0 atom stereocenters. The van der Waals surface area contributed by atoms with Gasteiger partial charge in [-0.25, -0.2) is 0 Å². The van der Waals surface area contributed by atoms with Gasteiger partial charge in [0.05, 0.1) is 0 Å². The third kappa shape index (κ3) is 6.81. The second-order valence-electron chi connectivity index (χ2n) is 6.66. The molecule has 3 rings (SSSR count). The van der Waals surface area contributed by atoms with Gasteiger partial charge < -0.3 is 4.90 Å². The van der Waals surface area contributed by atoms with Gasteiger partial charge in [0.2, 0.25) is 0 Å². The molecule has 0 aliphatic heterocycles. The predicted molar refractivity (Wildman–Crippen MR) is 124 cm³/mol. The number of hydrogen-bond acceptors (Lipinski definition) is 2. The number of thioether (sulfide) groups is 1. The zero-order valence-electron chi connectivity index (χ0n) is 16.0. The minimum absolute atomic E-state index is 0.287. The average Bonchev–Trinajstić information content (AvgIpc) is 2.74. The Morgan fingerprint density at radius 2 is 1.22 bits per heavy atom. The quantitative estimate of drug-likeness (QED) is 0.353. The Morgan fingerprint density at radius 3 is 1.78 bits per heavy atom. The number of benzene rings is 3. The molecule has 0 spiro atoms. The summed E-state index contributed by atoms with van der Waals surface area (Å²) < 4.78 is 0. The van der Waals surface area contributed by atoms with E-state index >= 15 is 0 Å². The van der Waals surface area contributed by atoms with E-state index in [1.165, 1.54) is 28.1 Å². The van der Waals surface area contributed by atoms with Crippen LogP contribution in [0.25, 0.3) is 0 Å². The van der Waals surface area contributed by atoms with Gasteiger partial charge in [0.25, 0.3) is 0 Å². The molecule has 0 N–H and O–H groups in total. The largest absolute Gasteiger partial charge is 0.305 e. The fourth-order valence-corrected chi connectivity index (χ4v) is 6.42. The van der Waals surface area contributed by atoms with Crippen LogP contribution >= 0.6 is 19.7 Å². The van der Waals surface area contributed by atoms with Crippen molar-refractivity contribution in [3.8, 4) is 0 Å². The van der Waals surface area contributed by atoms with E-state index in [1.807, 2.05) is 11.8 Å². The van der Waals surface area contributed by atoms with Crippen LogP contribution in [-0.4, -0.2) is 37.0 Å². The first-order chi connectivity index (χ1) is 13.3. The zero-order chi connectivity index (χ0) is 18.7. The van der Waals surface area contributed by atoms with Crippen molar-refractivity contribution in [3.05, 3.63) is 96.6 Å². The molecule has 3 aromatic rings. The number of rotatable bonds is 10. The smallest absolute Gasteiger partial charge is 0.0185 e. The minimum Gasteiger partial charge on any atom is -0.305 e. The summed E-state index contributed by atoms with van der Waals surface area (Å²) in [6.07, 6.45) is 1.21. The average molecular weight is 394 g/mol. The molecule has 27 heavy (non-hydrogen) atoms. The number of nitrogens with zero attached hydrogens (tertiary/aromatic N) is 1. The van der Waals surface area contributed by atoms with Crippen molar-refractivity contribution in [3.63, 3.8) is 0 Å². The van der Waals surface area contributed by atoms with Crippen molar-refractivity contribution in [2.45, 2.75) is 5.75 Å². The Bertz CT molecular complexity index is 725. The summed E-state index contributed by atoms with van der Waals surface area (Å²) in [6, 6.07) is 32.8. The van der Waals surface area contributed by atoms with Crippen LogP contribution in [0.5, 0.6) is 0 Å². The Balaban J connectivity index is 1.48. The third-order valence-corrected chi connectivity index (χ3v) is 8.07. The van der Waals surface area contributed by atoms with Crippen molar-refractivity contribution in [1.29, 1.82) is 0 Å². The molecule has 0 aliphatic carbocycles. The van der Waals surface area contributed by atoms with E-state index < -0.39 is 0 Å². The lowest BCUT2D eigenvalue weighted by atomic mass is 10.2. The Hall–Kier alpha value is -1.60. The van der Waals surface area contributed by atoms with E-state index in [9.17, 15) is 0 Å². The van der Waals surface area contributed by atoms with Crippen LogP contribution in [0.3, 0.4) is 0 Å². The first-order valence-corrected chi connectivity index (χ1v) is 12.2. The summed E-state index contributed by atoms with van der Waals surface area (Å²) in [4.78, 5) is 2.49. The van der Waals surface area contributed by atoms with Crippen LogP contribution in [0.1, 0.15) is 5.56 Å². The molecule has 0 radical (unpaired) electrons. The second-order valence-corrected chi connectivity index (χ2v) is 10.1. The van der Waals surface area contributed by atoms with Crippen molar-refractivity contribution in [1.82, 2.24) is 4.90 Å². The molecule has 0 unspecified atom stereocenters. The van der Waals surface area contributed by atoms with Gasteiger partial charge in [-0.2, -0.15) is 11.8 Å². The summed E-state index contributed by atoms with van der Waals surface area (Å²) in [5.74, 6) is 2.29. The van der Waals surface area contributed by atoms with E-state index in [2.05, 4.69) is 103 Å². The predicted octanol–water partition coefficient (Wildman–Crippen LogP) is 4.98. The van der Waals surface area contributed by atoms with Crippen LogP contribution in [-0.2, 0) is 5.75 Å². The Labute approximate surface area is 169 Å². The molecule has 3 heteroatoms. The van der Waals surface area contributed by atoms with Gasteiger partial charge in [-0.1, -0.05) is 91.0 Å². The van der Waals surface area contributed by atoms with E-state index in [0.717, 1.165) is 18.8 Å². The summed E-state index contributed by atoms with van der Waals surface area (Å²) in [5, 5.41) is 2.95. The van der Waals surface area contributed by atoms with E-state index in [-0.39, 0.29) is 7.92 Å². The monoisotopic (exact) mass is 393 g/mol. The van der Waals surface area contributed by atoms with E-state index in [1.54, 1.807) is 0 Å². The van der Waals surface area contributed by atoms with Gasteiger partial charge in [-0.3, -0.25) is 0 Å².